The normalized spacial score (nSPS) is 11.4. The van der Waals surface area contributed by atoms with Crippen molar-refractivity contribution < 1.29 is 17.9 Å². The van der Waals surface area contributed by atoms with Crippen LogP contribution in [0.4, 0.5) is 5.13 Å². The fraction of sp³-hybridized carbons (Fsp3) is 0.286. The third-order valence-electron chi connectivity index (χ3n) is 4.76. The summed E-state index contributed by atoms with van der Waals surface area (Å²) in [5.74, 6) is 1.10. The maximum atomic E-state index is 13.0. The molecule has 0 atom stereocenters. The Hall–Kier alpha value is -2.58. The van der Waals surface area contributed by atoms with Gasteiger partial charge in [-0.2, -0.15) is 0 Å². The van der Waals surface area contributed by atoms with Crippen molar-refractivity contribution in [3.05, 3.63) is 51.9 Å². The number of nitrogens with zero attached hydrogens (tertiary/aromatic N) is 1. The number of aromatic nitrogens is 1. The molecular weight excluding hydrogens is 408 g/mol. The Morgan fingerprint density at radius 1 is 0.897 bits per heavy atom. The van der Waals surface area contributed by atoms with Gasteiger partial charge in [0, 0.05) is 10.4 Å². The first-order chi connectivity index (χ1) is 13.7. The number of nitrogens with one attached hydrogen (secondary N) is 1. The number of rotatable bonds is 6. The lowest BCUT2D eigenvalue weighted by Gasteiger charge is -2.12. The minimum Gasteiger partial charge on any atom is -0.496 e. The Morgan fingerprint density at radius 2 is 1.55 bits per heavy atom. The van der Waals surface area contributed by atoms with Crippen LogP contribution in [0.2, 0.25) is 0 Å². The Labute approximate surface area is 175 Å². The molecule has 0 saturated heterocycles. The number of sulfonamides is 1. The molecule has 0 aliphatic rings. The summed E-state index contributed by atoms with van der Waals surface area (Å²) in [5, 5.41) is 0.311. The summed E-state index contributed by atoms with van der Waals surface area (Å²) in [6.07, 6.45) is 0. The molecule has 0 spiro atoms. The number of ether oxygens (including phenoxy) is 2. The quantitative estimate of drug-likeness (QED) is 0.602. The molecule has 0 saturated carbocycles. The monoisotopic (exact) mass is 432 g/mol. The van der Waals surface area contributed by atoms with Crippen LogP contribution in [0.1, 0.15) is 21.6 Å². The summed E-state index contributed by atoms with van der Waals surface area (Å²) in [5.41, 5.74) is 4.47. The van der Waals surface area contributed by atoms with Crippen LogP contribution in [0.15, 0.2) is 35.2 Å². The zero-order valence-electron chi connectivity index (χ0n) is 17.3. The summed E-state index contributed by atoms with van der Waals surface area (Å²) in [7, 11) is -0.759. The first-order valence-corrected chi connectivity index (χ1v) is 11.3. The van der Waals surface area contributed by atoms with E-state index in [2.05, 4.69) is 9.71 Å². The molecule has 1 N–H and O–H groups in total. The zero-order valence-corrected chi connectivity index (χ0v) is 18.9. The minimum absolute atomic E-state index is 0.0952. The lowest BCUT2D eigenvalue weighted by Crippen LogP contribution is -2.14. The standard InChI is InChI=1S/C21H24N2O4S2/c1-12-10-18(27-6)19(11-13(12)2)29(24,25)23-21-22-20(15(4)28-21)16-7-8-17(26-5)14(3)9-16/h7-11H,1-6H3,(H,22,23). The molecule has 0 aliphatic carbocycles. The van der Waals surface area contributed by atoms with Crippen LogP contribution in [-0.4, -0.2) is 27.6 Å². The number of hydrogen-bond donors (Lipinski definition) is 1. The van der Waals surface area contributed by atoms with Gasteiger partial charge in [0.25, 0.3) is 10.0 Å². The van der Waals surface area contributed by atoms with Crippen LogP contribution in [-0.2, 0) is 10.0 Å². The molecule has 6 nitrogen and oxygen atoms in total. The smallest absolute Gasteiger partial charge is 0.267 e. The Kier molecular flexibility index (Phi) is 5.86. The van der Waals surface area contributed by atoms with E-state index >= 15 is 0 Å². The molecule has 154 valence electrons. The van der Waals surface area contributed by atoms with Gasteiger partial charge < -0.3 is 9.47 Å². The van der Waals surface area contributed by atoms with Gasteiger partial charge in [0.05, 0.1) is 19.9 Å². The van der Waals surface area contributed by atoms with Crippen molar-refractivity contribution in [2.45, 2.75) is 32.6 Å². The van der Waals surface area contributed by atoms with Crippen molar-refractivity contribution in [1.29, 1.82) is 0 Å². The number of thiazole rings is 1. The second-order valence-electron chi connectivity index (χ2n) is 6.80. The molecule has 8 heteroatoms. The lowest BCUT2D eigenvalue weighted by atomic mass is 10.1. The van der Waals surface area contributed by atoms with Gasteiger partial charge in [-0.1, -0.05) is 0 Å². The molecular formula is C21H24N2O4S2. The van der Waals surface area contributed by atoms with E-state index in [0.29, 0.717) is 10.9 Å². The second-order valence-corrected chi connectivity index (χ2v) is 9.66. The van der Waals surface area contributed by atoms with Crippen molar-refractivity contribution in [2.24, 2.45) is 0 Å². The molecule has 0 fully saturated rings. The van der Waals surface area contributed by atoms with E-state index in [1.54, 1.807) is 19.2 Å². The van der Waals surface area contributed by atoms with Gasteiger partial charge in [0.1, 0.15) is 16.4 Å². The third kappa shape index (κ3) is 4.23. The van der Waals surface area contributed by atoms with Gasteiger partial charge in [-0.3, -0.25) is 4.72 Å². The van der Waals surface area contributed by atoms with Crippen molar-refractivity contribution in [1.82, 2.24) is 4.98 Å². The Morgan fingerprint density at radius 3 is 2.17 bits per heavy atom. The highest BCUT2D eigenvalue weighted by molar-refractivity contribution is 7.93. The van der Waals surface area contributed by atoms with Crippen LogP contribution in [0.25, 0.3) is 11.3 Å². The average molecular weight is 433 g/mol. The molecule has 2 aromatic carbocycles. The molecule has 29 heavy (non-hydrogen) atoms. The van der Waals surface area contributed by atoms with Crippen molar-refractivity contribution >= 4 is 26.5 Å². The van der Waals surface area contributed by atoms with Gasteiger partial charge in [0.2, 0.25) is 0 Å². The van der Waals surface area contributed by atoms with Crippen LogP contribution >= 0.6 is 11.3 Å². The predicted octanol–water partition coefficient (Wildman–Crippen LogP) is 4.86. The summed E-state index contributed by atoms with van der Waals surface area (Å²) >= 11 is 1.29. The van der Waals surface area contributed by atoms with Gasteiger partial charge in [-0.25, -0.2) is 13.4 Å². The number of anilines is 1. The van der Waals surface area contributed by atoms with E-state index in [1.807, 2.05) is 45.9 Å². The van der Waals surface area contributed by atoms with Crippen LogP contribution < -0.4 is 14.2 Å². The molecule has 0 radical (unpaired) electrons. The van der Waals surface area contributed by atoms with Crippen LogP contribution in [0, 0.1) is 27.7 Å². The molecule has 3 aromatic rings. The van der Waals surface area contributed by atoms with Crippen molar-refractivity contribution in [3.8, 4) is 22.8 Å². The van der Waals surface area contributed by atoms with E-state index in [1.165, 1.54) is 18.4 Å². The predicted molar refractivity (Wildman–Crippen MR) is 117 cm³/mol. The van der Waals surface area contributed by atoms with Crippen LogP contribution in [0.3, 0.4) is 0 Å². The molecule has 3 rings (SSSR count). The van der Waals surface area contributed by atoms with Gasteiger partial charge in [0.15, 0.2) is 5.13 Å². The zero-order chi connectivity index (χ0) is 21.3. The summed E-state index contributed by atoms with van der Waals surface area (Å²) in [4.78, 5) is 5.54. The van der Waals surface area contributed by atoms with E-state index in [4.69, 9.17) is 9.47 Å². The Bertz CT molecular complexity index is 1170. The number of benzene rings is 2. The molecule has 0 aliphatic heterocycles. The maximum absolute atomic E-state index is 13.0. The van der Waals surface area contributed by atoms with Crippen molar-refractivity contribution in [3.63, 3.8) is 0 Å². The fourth-order valence-electron chi connectivity index (χ4n) is 3.04. The molecule has 0 bridgehead atoms. The van der Waals surface area contributed by atoms with Gasteiger partial charge in [-0.15, -0.1) is 11.3 Å². The highest BCUT2D eigenvalue weighted by Crippen LogP contribution is 2.35. The lowest BCUT2D eigenvalue weighted by molar-refractivity contribution is 0.402. The SMILES string of the molecule is COc1ccc(-c2nc(NS(=O)(=O)c3cc(C)c(C)cc3OC)sc2C)cc1C. The highest BCUT2D eigenvalue weighted by Gasteiger charge is 2.23. The molecule has 0 unspecified atom stereocenters. The second kappa shape index (κ2) is 8.04. The third-order valence-corrected chi connectivity index (χ3v) is 7.13. The Balaban J connectivity index is 1.97. The summed E-state index contributed by atoms with van der Waals surface area (Å²) in [6.45, 7) is 7.65. The van der Waals surface area contributed by atoms with E-state index in [9.17, 15) is 8.42 Å². The molecule has 1 heterocycles. The number of hydrogen-bond acceptors (Lipinski definition) is 6. The topological polar surface area (TPSA) is 77.5 Å². The fourth-order valence-corrected chi connectivity index (χ4v) is 5.34. The number of methoxy groups -OCH3 is 2. The molecule has 0 amide bonds. The van der Waals surface area contributed by atoms with E-state index < -0.39 is 10.0 Å². The van der Waals surface area contributed by atoms with Crippen LogP contribution in [0.5, 0.6) is 11.5 Å². The van der Waals surface area contributed by atoms with Crippen molar-refractivity contribution in [2.75, 3.05) is 18.9 Å². The van der Waals surface area contributed by atoms with Gasteiger partial charge in [-0.05, 0) is 74.7 Å². The average Bonchev–Trinajstić information content (AvgIpc) is 3.02. The first-order valence-electron chi connectivity index (χ1n) is 8.96. The maximum Gasteiger partial charge on any atom is 0.267 e. The summed E-state index contributed by atoms with van der Waals surface area (Å²) in [6, 6.07) is 9.12. The minimum atomic E-state index is -3.85. The molecule has 1 aromatic heterocycles. The number of aryl methyl sites for hydroxylation is 4. The first kappa shape index (κ1) is 21.1. The summed E-state index contributed by atoms with van der Waals surface area (Å²) < 4.78 is 39.2. The van der Waals surface area contributed by atoms with Gasteiger partial charge >= 0.3 is 0 Å². The van der Waals surface area contributed by atoms with E-state index in [0.717, 1.165) is 38.6 Å². The van der Waals surface area contributed by atoms with E-state index in [-0.39, 0.29) is 4.90 Å². The largest absolute Gasteiger partial charge is 0.496 e. The highest BCUT2D eigenvalue weighted by atomic mass is 32.2.